The molecule has 0 unspecified atom stereocenters. The Morgan fingerprint density at radius 3 is 1.24 bits per heavy atom. The van der Waals surface area contributed by atoms with Crippen LogP contribution < -0.4 is 31.8 Å². The number of hydrogen-bond acceptors (Lipinski definition) is 20. The number of tetrazole rings is 2. The van der Waals surface area contributed by atoms with Crippen molar-refractivity contribution in [3.8, 4) is 34.7 Å². The Morgan fingerprint density at radius 2 is 0.985 bits per heavy atom. The topological polar surface area (TPSA) is 393 Å². The molecular formula is C44H64N10O13. The minimum atomic E-state index is -1.21. The number of aliphatic hydroxyl groups is 6. The van der Waals surface area contributed by atoms with Crippen molar-refractivity contribution in [1.29, 1.82) is 0 Å². The summed E-state index contributed by atoms with van der Waals surface area (Å²) in [6.45, 7) is 14.7. The van der Waals surface area contributed by atoms with E-state index in [9.17, 15) is 9.59 Å². The Balaban J connectivity index is 0.000000345. The quantitative estimate of drug-likeness (QED) is 0.0472. The summed E-state index contributed by atoms with van der Waals surface area (Å²) in [6, 6.07) is 10.1. The van der Waals surface area contributed by atoms with Gasteiger partial charge in [-0.05, 0) is 71.2 Å². The van der Waals surface area contributed by atoms with Crippen molar-refractivity contribution in [2.45, 2.75) is 64.5 Å². The van der Waals surface area contributed by atoms with Crippen LogP contribution >= 0.6 is 0 Å². The number of H-pyrrole nitrogens is 2. The molecule has 67 heavy (non-hydrogen) atoms. The molecule has 0 aliphatic rings. The third kappa shape index (κ3) is 16.5. The maximum atomic E-state index is 12.7. The predicted octanol–water partition coefficient (Wildman–Crippen LogP) is 0.750. The lowest BCUT2D eigenvalue weighted by molar-refractivity contribution is 0.0695. The highest BCUT2D eigenvalue weighted by Crippen LogP contribution is 2.31. The lowest BCUT2D eigenvalue weighted by Crippen LogP contribution is -2.50. The molecule has 0 saturated carbocycles. The number of nitrogens with zero attached hydrogens (tertiary/aromatic N) is 6. The molecule has 368 valence electrons. The molecule has 0 saturated heterocycles. The summed E-state index contributed by atoms with van der Waals surface area (Å²) in [5.41, 5.74) is 10.1. The van der Waals surface area contributed by atoms with Crippen LogP contribution in [0.25, 0.3) is 45.1 Å². The molecule has 4 heterocycles. The first kappa shape index (κ1) is 56.8. The fraction of sp³-hybridized carbons (Fsp3) is 0.455. The second-order valence-electron chi connectivity index (χ2n) is 16.0. The molecule has 2 aromatic carbocycles. The number of aromatic nitrogens is 8. The van der Waals surface area contributed by atoms with Crippen molar-refractivity contribution in [3.05, 3.63) is 93.3 Å². The number of hydrogen-bond donors (Lipinski definition) is 10. The highest BCUT2D eigenvalue weighted by Gasteiger charge is 2.22. The zero-order valence-electron chi connectivity index (χ0n) is 38.1. The second kappa shape index (κ2) is 28.0. The molecule has 0 aliphatic carbocycles. The van der Waals surface area contributed by atoms with Crippen molar-refractivity contribution in [2.75, 3.05) is 52.9 Å². The van der Waals surface area contributed by atoms with Crippen LogP contribution in [-0.2, 0) is 12.8 Å². The highest BCUT2D eigenvalue weighted by molar-refractivity contribution is 5.88. The van der Waals surface area contributed by atoms with Crippen molar-refractivity contribution in [2.24, 2.45) is 23.3 Å². The Bertz CT molecular complexity index is 2310. The van der Waals surface area contributed by atoms with Gasteiger partial charge in [-0.15, -0.1) is 33.6 Å². The number of fused-ring (bicyclic) bond motifs is 2. The van der Waals surface area contributed by atoms with E-state index in [0.29, 0.717) is 71.3 Å². The average Bonchev–Trinajstić information content (AvgIpc) is 4.07. The highest BCUT2D eigenvalue weighted by atomic mass is 16.5. The Hall–Kier alpha value is -6.28. The zero-order valence-corrected chi connectivity index (χ0v) is 38.1. The van der Waals surface area contributed by atoms with E-state index >= 15 is 0 Å². The molecule has 0 amide bonds. The number of nitrogens with one attached hydrogen (secondary N) is 2. The molecule has 6 rings (SSSR count). The van der Waals surface area contributed by atoms with E-state index in [1.807, 2.05) is 24.3 Å². The number of rotatable bonds is 20. The molecule has 0 radical (unpaired) electrons. The normalized spacial score (nSPS) is 11.2. The van der Waals surface area contributed by atoms with Gasteiger partial charge in [-0.25, -0.2) is 0 Å². The molecule has 0 spiro atoms. The Kier molecular flexibility index (Phi) is 23.8. The fourth-order valence-electron chi connectivity index (χ4n) is 5.31. The summed E-state index contributed by atoms with van der Waals surface area (Å²) in [4.78, 5) is 25.4. The van der Waals surface area contributed by atoms with Crippen molar-refractivity contribution in [3.63, 3.8) is 0 Å². The summed E-state index contributed by atoms with van der Waals surface area (Å²) in [5.74, 6) is 3.07. The van der Waals surface area contributed by atoms with Crippen molar-refractivity contribution >= 4 is 21.9 Å². The molecule has 0 aliphatic heterocycles. The first-order valence-electron chi connectivity index (χ1n) is 20.9. The number of nitrogens with two attached hydrogens (primary N) is 2. The Morgan fingerprint density at radius 1 is 0.642 bits per heavy atom. The summed E-state index contributed by atoms with van der Waals surface area (Å²) < 4.78 is 23.5. The van der Waals surface area contributed by atoms with Gasteiger partial charge in [-0.3, -0.25) is 9.59 Å². The van der Waals surface area contributed by atoms with E-state index in [0.717, 1.165) is 24.0 Å². The largest absolute Gasteiger partial charge is 0.493 e. The molecule has 23 heteroatoms. The smallest absolute Gasteiger partial charge is 0.239 e. The van der Waals surface area contributed by atoms with E-state index in [-0.39, 0.29) is 39.5 Å². The maximum absolute atomic E-state index is 12.7. The van der Waals surface area contributed by atoms with E-state index in [1.54, 1.807) is 12.2 Å². The lowest BCUT2D eigenvalue weighted by atomic mass is 10.1. The average molecular weight is 941 g/mol. The minimum Gasteiger partial charge on any atom is -0.493 e. The standard InChI is InChI=1S/2C18H20N4O3.2C4H11NO3.H2O/c2*1-4-5-12-6-7-14(24-9-8-11(2)3)16-13(23)10-15(25-17(12)16)18-19-21-22-20-18;2*5-4(1-6,2-7)3-8;/h2*4,6-7,10-11H,1,5,8-9H2,2-3H3,(H,19,20,21,22);2*6-8H,1-3,5H2;1H2. The van der Waals surface area contributed by atoms with Crippen LogP contribution in [0, 0.1) is 11.8 Å². The van der Waals surface area contributed by atoms with Gasteiger partial charge >= 0.3 is 0 Å². The summed E-state index contributed by atoms with van der Waals surface area (Å²) in [7, 11) is 0. The van der Waals surface area contributed by atoms with Gasteiger partial charge in [0.05, 0.1) is 63.9 Å². The number of allylic oxidation sites excluding steroid dienone is 2. The molecule has 4 aromatic heterocycles. The number of benzene rings is 2. The lowest BCUT2D eigenvalue weighted by Gasteiger charge is -2.20. The number of aliphatic hydroxyl groups excluding tert-OH is 6. The molecule has 0 fully saturated rings. The monoisotopic (exact) mass is 940 g/mol. The van der Waals surface area contributed by atoms with Crippen LogP contribution in [-0.4, -0.2) is 141 Å². The fourth-order valence-corrected chi connectivity index (χ4v) is 5.31. The molecule has 0 atom stereocenters. The van der Waals surface area contributed by atoms with Crippen LogP contribution in [0.4, 0.5) is 0 Å². The van der Waals surface area contributed by atoms with Gasteiger partial charge in [0.2, 0.25) is 11.6 Å². The number of aromatic amines is 2. The molecule has 0 bridgehead atoms. The van der Waals surface area contributed by atoms with Gasteiger partial charge in [0.25, 0.3) is 0 Å². The zero-order chi connectivity index (χ0) is 48.9. The van der Waals surface area contributed by atoms with E-state index in [1.165, 1.54) is 12.1 Å². The summed E-state index contributed by atoms with van der Waals surface area (Å²) in [5, 5.41) is 78.1. The van der Waals surface area contributed by atoms with E-state index in [4.69, 9.17) is 60.4 Å². The molecule has 23 nitrogen and oxygen atoms in total. The third-order valence-electron chi connectivity index (χ3n) is 9.50. The summed E-state index contributed by atoms with van der Waals surface area (Å²) >= 11 is 0. The minimum absolute atomic E-state index is 0. The van der Waals surface area contributed by atoms with Gasteiger partial charge in [0.1, 0.15) is 33.4 Å². The predicted molar refractivity (Wildman–Crippen MR) is 249 cm³/mol. The van der Waals surface area contributed by atoms with Gasteiger partial charge in [-0.1, -0.05) is 52.0 Å². The summed E-state index contributed by atoms with van der Waals surface area (Å²) in [6.07, 6.45) is 6.47. The van der Waals surface area contributed by atoms with Gasteiger partial charge in [0, 0.05) is 12.1 Å². The molecular weight excluding hydrogens is 877 g/mol. The van der Waals surface area contributed by atoms with Crippen LogP contribution in [0.1, 0.15) is 51.7 Å². The third-order valence-corrected chi connectivity index (χ3v) is 9.50. The van der Waals surface area contributed by atoms with Crippen LogP contribution in [0.3, 0.4) is 0 Å². The SMILES string of the molecule is C=CCc1ccc(OCCC(C)C)c2c(=O)cc(-c3nn[nH]n3)oc12.C=CCc1ccc(OCCC(C)C)c2c(=O)cc(-c3nn[nH]n3)oc12.NC(CO)(CO)CO.NC(CO)(CO)CO.O. The van der Waals surface area contributed by atoms with Crippen molar-refractivity contribution in [1.82, 2.24) is 41.2 Å². The van der Waals surface area contributed by atoms with E-state index in [2.05, 4.69) is 82.1 Å². The van der Waals surface area contributed by atoms with Gasteiger partial charge in [0.15, 0.2) is 22.4 Å². The van der Waals surface area contributed by atoms with E-state index < -0.39 is 50.7 Å². The number of ether oxygens (including phenoxy) is 2. The Labute approximate surface area is 385 Å². The van der Waals surface area contributed by atoms with Gasteiger partial charge in [-0.2, -0.15) is 10.4 Å². The maximum Gasteiger partial charge on any atom is 0.239 e. The molecule has 14 N–H and O–H groups in total. The van der Waals surface area contributed by atoms with Crippen LogP contribution in [0.5, 0.6) is 11.5 Å². The molecule has 6 aromatic rings. The van der Waals surface area contributed by atoms with Crippen LogP contribution in [0.2, 0.25) is 0 Å². The first-order valence-corrected chi connectivity index (χ1v) is 20.9. The van der Waals surface area contributed by atoms with Crippen LogP contribution in [0.15, 0.2) is 80.1 Å². The first-order chi connectivity index (χ1) is 31.6. The van der Waals surface area contributed by atoms with Crippen molar-refractivity contribution < 1.29 is 54.4 Å². The van der Waals surface area contributed by atoms with Gasteiger partial charge < -0.3 is 65.9 Å². The second-order valence-corrected chi connectivity index (χ2v) is 16.0.